The van der Waals surface area contributed by atoms with Crippen molar-refractivity contribution in [2.75, 3.05) is 12.3 Å². The maximum Gasteiger partial charge on any atom is 0.0322 e. The lowest BCUT2D eigenvalue weighted by molar-refractivity contribution is 0.153. The van der Waals surface area contributed by atoms with Crippen molar-refractivity contribution >= 4 is 5.69 Å². The number of nitrogens with zero attached hydrogens (tertiary/aromatic N) is 1. The van der Waals surface area contributed by atoms with Crippen molar-refractivity contribution in [2.24, 2.45) is 0 Å². The number of anilines is 1. The van der Waals surface area contributed by atoms with E-state index < -0.39 is 0 Å². The summed E-state index contributed by atoms with van der Waals surface area (Å²) in [6.45, 7) is 8.00. The molecule has 0 saturated heterocycles. The average molecular weight is 296 g/mol. The molecule has 0 bridgehead atoms. The Balaban J connectivity index is 2.10. The number of nitrogens with two attached hydrogens (primary N) is 1. The lowest BCUT2D eigenvalue weighted by Gasteiger charge is -2.35. The lowest BCUT2D eigenvalue weighted by Crippen LogP contribution is -2.37. The summed E-state index contributed by atoms with van der Waals surface area (Å²) in [5.74, 6) is 0. The van der Waals surface area contributed by atoms with Crippen LogP contribution in [0.1, 0.15) is 44.4 Å². The molecule has 0 saturated carbocycles. The van der Waals surface area contributed by atoms with Gasteiger partial charge in [-0.15, -0.1) is 0 Å². The molecular weight excluding hydrogens is 268 g/mol. The molecule has 0 heterocycles. The number of benzene rings is 2. The van der Waals surface area contributed by atoms with E-state index in [2.05, 4.69) is 68.1 Å². The van der Waals surface area contributed by atoms with Gasteiger partial charge in [0, 0.05) is 17.8 Å². The zero-order chi connectivity index (χ0) is 15.9. The minimum atomic E-state index is 0.435. The second-order valence-corrected chi connectivity index (χ2v) is 6.12. The Labute approximate surface area is 135 Å². The predicted molar refractivity (Wildman–Crippen MR) is 95.9 cm³/mol. The van der Waals surface area contributed by atoms with Crippen molar-refractivity contribution in [1.82, 2.24) is 4.90 Å². The van der Waals surface area contributed by atoms with Crippen LogP contribution < -0.4 is 5.73 Å². The minimum Gasteiger partial charge on any atom is -0.399 e. The lowest BCUT2D eigenvalue weighted by atomic mass is 10.0. The summed E-state index contributed by atoms with van der Waals surface area (Å²) in [6.07, 6.45) is 2.22. The maximum atomic E-state index is 5.78. The number of hydrogen-bond donors (Lipinski definition) is 1. The fourth-order valence-corrected chi connectivity index (χ4v) is 3.09. The van der Waals surface area contributed by atoms with Crippen molar-refractivity contribution in [3.63, 3.8) is 0 Å². The maximum absolute atomic E-state index is 5.78. The molecule has 0 spiro atoms. The van der Waals surface area contributed by atoms with E-state index in [9.17, 15) is 0 Å². The van der Waals surface area contributed by atoms with E-state index in [1.54, 1.807) is 0 Å². The third kappa shape index (κ3) is 4.35. The summed E-state index contributed by atoms with van der Waals surface area (Å²) >= 11 is 0. The molecule has 2 unspecified atom stereocenters. The highest BCUT2D eigenvalue weighted by atomic mass is 15.2. The molecule has 0 aliphatic rings. The first-order chi connectivity index (χ1) is 10.6. The number of nitrogen functional groups attached to an aromatic ring is 1. The first kappa shape index (κ1) is 16.6. The summed E-state index contributed by atoms with van der Waals surface area (Å²) in [4.78, 5) is 2.60. The average Bonchev–Trinajstić information content (AvgIpc) is 2.55. The zero-order valence-electron chi connectivity index (χ0n) is 14.0. The highest BCUT2D eigenvalue weighted by Crippen LogP contribution is 2.24. The van der Waals surface area contributed by atoms with Crippen LogP contribution in [0.4, 0.5) is 5.69 Å². The van der Waals surface area contributed by atoms with Gasteiger partial charge in [-0.1, -0.05) is 49.4 Å². The molecule has 2 aromatic carbocycles. The van der Waals surface area contributed by atoms with Crippen LogP contribution in [0.3, 0.4) is 0 Å². The molecule has 2 nitrogen and oxygen atoms in total. The van der Waals surface area contributed by atoms with Crippen molar-refractivity contribution < 1.29 is 0 Å². The van der Waals surface area contributed by atoms with Gasteiger partial charge < -0.3 is 5.73 Å². The van der Waals surface area contributed by atoms with Crippen LogP contribution in [-0.2, 0) is 6.42 Å². The topological polar surface area (TPSA) is 29.3 Å². The van der Waals surface area contributed by atoms with Gasteiger partial charge in [0.25, 0.3) is 0 Å². The normalized spacial score (nSPS) is 14.0. The van der Waals surface area contributed by atoms with Crippen molar-refractivity contribution in [3.05, 3.63) is 65.7 Å². The van der Waals surface area contributed by atoms with Gasteiger partial charge >= 0.3 is 0 Å². The Kier molecular flexibility index (Phi) is 6.02. The molecule has 118 valence electrons. The SMILES string of the molecule is CCCN(C(C)Cc1ccc(N)cc1)C(C)c1ccccc1. The second-order valence-electron chi connectivity index (χ2n) is 6.12. The molecule has 0 aromatic heterocycles. The molecule has 2 N–H and O–H groups in total. The van der Waals surface area contributed by atoms with Gasteiger partial charge in [0.1, 0.15) is 0 Å². The van der Waals surface area contributed by atoms with E-state index in [-0.39, 0.29) is 0 Å². The van der Waals surface area contributed by atoms with E-state index in [0.29, 0.717) is 12.1 Å². The first-order valence-corrected chi connectivity index (χ1v) is 8.27. The summed E-state index contributed by atoms with van der Waals surface area (Å²) in [5, 5.41) is 0. The van der Waals surface area contributed by atoms with Crippen molar-refractivity contribution in [2.45, 2.75) is 45.7 Å². The Hall–Kier alpha value is -1.80. The fourth-order valence-electron chi connectivity index (χ4n) is 3.09. The first-order valence-electron chi connectivity index (χ1n) is 8.27. The molecule has 0 fully saturated rings. The van der Waals surface area contributed by atoms with Crippen LogP contribution in [0.2, 0.25) is 0 Å². The van der Waals surface area contributed by atoms with Crippen molar-refractivity contribution in [3.8, 4) is 0 Å². The van der Waals surface area contributed by atoms with Gasteiger partial charge in [0.15, 0.2) is 0 Å². The van der Waals surface area contributed by atoms with Gasteiger partial charge in [0.05, 0.1) is 0 Å². The molecule has 0 aliphatic heterocycles. The van der Waals surface area contributed by atoms with Gasteiger partial charge in [-0.25, -0.2) is 0 Å². The van der Waals surface area contributed by atoms with Gasteiger partial charge in [0.2, 0.25) is 0 Å². The molecule has 2 rings (SSSR count). The molecule has 0 aliphatic carbocycles. The van der Waals surface area contributed by atoms with Gasteiger partial charge in [-0.3, -0.25) is 4.90 Å². The largest absolute Gasteiger partial charge is 0.399 e. The van der Waals surface area contributed by atoms with Crippen LogP contribution >= 0.6 is 0 Å². The highest BCUT2D eigenvalue weighted by Gasteiger charge is 2.20. The van der Waals surface area contributed by atoms with Crippen LogP contribution in [-0.4, -0.2) is 17.5 Å². The molecule has 2 heteroatoms. The monoisotopic (exact) mass is 296 g/mol. The molecule has 0 amide bonds. The molecular formula is C20H28N2. The molecule has 0 radical (unpaired) electrons. The van der Waals surface area contributed by atoms with Crippen LogP contribution in [0.25, 0.3) is 0 Å². The summed E-state index contributed by atoms with van der Waals surface area (Å²) < 4.78 is 0. The quantitative estimate of drug-likeness (QED) is 0.752. The van der Waals surface area contributed by atoms with Crippen LogP contribution in [0, 0.1) is 0 Å². The van der Waals surface area contributed by atoms with E-state index in [1.807, 2.05) is 12.1 Å². The standard InChI is InChI=1S/C20H28N2/c1-4-14-22(17(3)19-8-6-5-7-9-19)16(2)15-18-10-12-20(21)13-11-18/h5-13,16-17H,4,14-15,21H2,1-3H3. The summed E-state index contributed by atoms with van der Waals surface area (Å²) in [6, 6.07) is 20.0. The Morgan fingerprint density at radius 2 is 1.59 bits per heavy atom. The summed E-state index contributed by atoms with van der Waals surface area (Å²) in [5.41, 5.74) is 9.35. The van der Waals surface area contributed by atoms with Gasteiger partial charge in [-0.05, 0) is 56.5 Å². The van der Waals surface area contributed by atoms with Gasteiger partial charge in [-0.2, -0.15) is 0 Å². The van der Waals surface area contributed by atoms with Crippen molar-refractivity contribution in [1.29, 1.82) is 0 Å². The van der Waals surface area contributed by atoms with Crippen LogP contribution in [0.5, 0.6) is 0 Å². The van der Waals surface area contributed by atoms with E-state index in [4.69, 9.17) is 5.73 Å². The number of rotatable bonds is 7. The van der Waals surface area contributed by atoms with E-state index in [0.717, 1.165) is 18.7 Å². The van der Waals surface area contributed by atoms with Crippen LogP contribution in [0.15, 0.2) is 54.6 Å². The highest BCUT2D eigenvalue weighted by molar-refractivity contribution is 5.39. The predicted octanol–water partition coefficient (Wildman–Crippen LogP) is 4.67. The minimum absolute atomic E-state index is 0.435. The Morgan fingerprint density at radius 3 is 2.18 bits per heavy atom. The smallest absolute Gasteiger partial charge is 0.0322 e. The third-order valence-electron chi connectivity index (χ3n) is 4.34. The van der Waals surface area contributed by atoms with E-state index >= 15 is 0 Å². The number of hydrogen-bond acceptors (Lipinski definition) is 2. The Bertz CT molecular complexity index is 548. The Morgan fingerprint density at radius 1 is 0.955 bits per heavy atom. The third-order valence-corrected chi connectivity index (χ3v) is 4.34. The molecule has 22 heavy (non-hydrogen) atoms. The molecule has 2 aromatic rings. The summed E-state index contributed by atoms with van der Waals surface area (Å²) in [7, 11) is 0. The van der Waals surface area contributed by atoms with E-state index in [1.165, 1.54) is 17.5 Å². The molecule has 2 atom stereocenters. The second kappa shape index (κ2) is 8.00. The fraction of sp³-hybridized carbons (Fsp3) is 0.400. The zero-order valence-corrected chi connectivity index (χ0v) is 14.0.